The van der Waals surface area contributed by atoms with Crippen LogP contribution in [0.25, 0.3) is 0 Å². The van der Waals surface area contributed by atoms with Gasteiger partial charge in [0.2, 0.25) is 0 Å². The fourth-order valence-electron chi connectivity index (χ4n) is 4.31. The second-order valence-corrected chi connectivity index (χ2v) is 7.11. The third-order valence-corrected chi connectivity index (χ3v) is 5.53. The van der Waals surface area contributed by atoms with Crippen LogP contribution in [0.3, 0.4) is 0 Å². The summed E-state index contributed by atoms with van der Waals surface area (Å²) in [5, 5.41) is 3.31. The average Bonchev–Trinajstić information content (AvgIpc) is 3.15. The van der Waals surface area contributed by atoms with Gasteiger partial charge in [-0.3, -0.25) is 19.7 Å². The van der Waals surface area contributed by atoms with Crippen LogP contribution >= 0.6 is 0 Å². The first kappa shape index (κ1) is 22.9. The zero-order chi connectivity index (χ0) is 21.4. The molecule has 7 heteroatoms. The van der Waals surface area contributed by atoms with Gasteiger partial charge in [-0.2, -0.15) is 0 Å². The fourth-order valence-corrected chi connectivity index (χ4v) is 4.31. The molecule has 1 aliphatic heterocycles. The Morgan fingerprint density at radius 2 is 1.66 bits per heavy atom. The summed E-state index contributed by atoms with van der Waals surface area (Å²) in [6.45, 7) is 5.69. The Morgan fingerprint density at radius 3 is 2.14 bits per heavy atom. The quantitative estimate of drug-likeness (QED) is 0.384. The van der Waals surface area contributed by atoms with E-state index in [1.165, 1.54) is 7.11 Å². The highest BCUT2D eigenvalue weighted by molar-refractivity contribution is 5.96. The van der Waals surface area contributed by atoms with Crippen molar-refractivity contribution >= 4 is 17.9 Å². The van der Waals surface area contributed by atoms with Gasteiger partial charge in [0, 0.05) is 12.0 Å². The Labute approximate surface area is 172 Å². The Morgan fingerprint density at radius 1 is 1.07 bits per heavy atom. The van der Waals surface area contributed by atoms with Crippen LogP contribution in [0.4, 0.5) is 0 Å². The van der Waals surface area contributed by atoms with E-state index in [0.717, 1.165) is 5.56 Å². The molecule has 7 nitrogen and oxygen atoms in total. The van der Waals surface area contributed by atoms with Gasteiger partial charge in [0.15, 0.2) is 5.92 Å². The van der Waals surface area contributed by atoms with Crippen LogP contribution in [0, 0.1) is 5.92 Å². The van der Waals surface area contributed by atoms with E-state index >= 15 is 0 Å². The molecule has 1 fully saturated rings. The molecule has 0 amide bonds. The fraction of sp³-hybridized carbons (Fsp3) is 0.591. The van der Waals surface area contributed by atoms with Crippen LogP contribution in [0.1, 0.15) is 51.5 Å². The van der Waals surface area contributed by atoms with Gasteiger partial charge >= 0.3 is 17.9 Å². The van der Waals surface area contributed by atoms with Crippen LogP contribution in [-0.4, -0.2) is 49.8 Å². The van der Waals surface area contributed by atoms with Crippen LogP contribution in [0.5, 0.6) is 0 Å². The van der Waals surface area contributed by atoms with Crippen molar-refractivity contribution in [2.45, 2.75) is 57.5 Å². The van der Waals surface area contributed by atoms with E-state index in [-0.39, 0.29) is 19.1 Å². The molecule has 3 atom stereocenters. The average molecular weight is 405 g/mol. The van der Waals surface area contributed by atoms with E-state index in [4.69, 9.17) is 14.2 Å². The standard InChI is InChI=1S/C22H31NO6/c1-5-16(15-11-9-8-10-12-15)22(21(26)27-4)14-13-17(23-22)18(19(24)28-6-2)20(25)29-7-3/h8-12,16-18,23H,5-7,13-14H2,1-4H3/t16-,17+,22-/m1/s1. The second-order valence-electron chi connectivity index (χ2n) is 7.11. The molecule has 1 heterocycles. The maximum atomic E-state index is 13.0. The largest absolute Gasteiger partial charge is 0.468 e. The lowest BCUT2D eigenvalue weighted by Gasteiger charge is -2.36. The molecule has 1 aromatic rings. The molecule has 1 N–H and O–H groups in total. The molecule has 1 aliphatic rings. The molecule has 1 aromatic carbocycles. The van der Waals surface area contributed by atoms with Gasteiger partial charge in [0.05, 0.1) is 20.3 Å². The number of methoxy groups -OCH3 is 1. The van der Waals surface area contributed by atoms with Crippen molar-refractivity contribution < 1.29 is 28.6 Å². The Hall–Kier alpha value is -2.41. The minimum atomic E-state index is -1.13. The molecule has 29 heavy (non-hydrogen) atoms. The molecule has 0 spiro atoms. The van der Waals surface area contributed by atoms with E-state index in [1.807, 2.05) is 37.3 Å². The smallest absolute Gasteiger partial charge is 0.326 e. The van der Waals surface area contributed by atoms with Crippen molar-refractivity contribution in [3.63, 3.8) is 0 Å². The van der Waals surface area contributed by atoms with Gasteiger partial charge < -0.3 is 14.2 Å². The minimum Gasteiger partial charge on any atom is -0.468 e. The molecule has 0 bridgehead atoms. The predicted molar refractivity (Wildman–Crippen MR) is 107 cm³/mol. The third kappa shape index (κ3) is 4.78. The Balaban J connectivity index is 2.40. The summed E-state index contributed by atoms with van der Waals surface area (Å²) in [5.41, 5.74) is -0.0374. The van der Waals surface area contributed by atoms with Crippen LogP contribution in [-0.2, 0) is 28.6 Å². The first-order valence-electron chi connectivity index (χ1n) is 10.2. The van der Waals surface area contributed by atoms with E-state index in [1.54, 1.807) is 13.8 Å². The normalized spacial score (nSPS) is 22.2. The zero-order valence-electron chi connectivity index (χ0n) is 17.6. The summed E-state index contributed by atoms with van der Waals surface area (Å²) in [6.07, 6.45) is 1.57. The van der Waals surface area contributed by atoms with E-state index in [9.17, 15) is 14.4 Å². The number of carbonyl (C=O) groups excluding carboxylic acids is 3. The number of carbonyl (C=O) groups is 3. The lowest BCUT2D eigenvalue weighted by atomic mass is 9.76. The summed E-state index contributed by atoms with van der Waals surface area (Å²) in [5.74, 6) is -2.99. The number of hydrogen-bond acceptors (Lipinski definition) is 7. The minimum absolute atomic E-state index is 0.158. The van der Waals surface area contributed by atoms with Crippen LogP contribution < -0.4 is 5.32 Å². The molecule has 0 unspecified atom stereocenters. The maximum absolute atomic E-state index is 13.0. The number of esters is 3. The summed E-state index contributed by atoms with van der Waals surface area (Å²) < 4.78 is 15.4. The number of rotatable bonds is 9. The van der Waals surface area contributed by atoms with Gasteiger partial charge in [-0.05, 0) is 38.7 Å². The van der Waals surface area contributed by atoms with Crippen molar-refractivity contribution in [1.29, 1.82) is 0 Å². The number of hydrogen-bond donors (Lipinski definition) is 1. The van der Waals surface area contributed by atoms with Crippen molar-refractivity contribution in [1.82, 2.24) is 5.32 Å². The SMILES string of the molecule is CCOC(=O)C(C(=O)OCC)[C@@H]1CC[C@](C(=O)OC)([C@H](CC)c2ccccc2)N1. The van der Waals surface area contributed by atoms with E-state index < -0.39 is 35.4 Å². The number of benzene rings is 1. The van der Waals surface area contributed by atoms with Gasteiger partial charge in [-0.1, -0.05) is 37.3 Å². The lowest BCUT2D eigenvalue weighted by molar-refractivity contribution is -0.163. The second kappa shape index (κ2) is 10.4. The molecular formula is C22H31NO6. The maximum Gasteiger partial charge on any atom is 0.326 e. The summed E-state index contributed by atoms with van der Waals surface area (Å²) in [7, 11) is 1.35. The van der Waals surface area contributed by atoms with Crippen molar-refractivity contribution in [3.8, 4) is 0 Å². The molecule has 0 saturated carbocycles. The first-order chi connectivity index (χ1) is 13.9. The summed E-state index contributed by atoms with van der Waals surface area (Å²) in [6, 6.07) is 9.14. The summed E-state index contributed by atoms with van der Waals surface area (Å²) in [4.78, 5) is 38.0. The highest BCUT2D eigenvalue weighted by Gasteiger charge is 2.55. The Kier molecular flexibility index (Phi) is 8.20. The number of nitrogens with one attached hydrogen (secondary N) is 1. The van der Waals surface area contributed by atoms with Gasteiger partial charge in [0.1, 0.15) is 5.54 Å². The van der Waals surface area contributed by atoms with E-state index in [0.29, 0.717) is 19.3 Å². The molecule has 0 aromatic heterocycles. The summed E-state index contributed by atoms with van der Waals surface area (Å²) >= 11 is 0. The monoisotopic (exact) mass is 405 g/mol. The van der Waals surface area contributed by atoms with Gasteiger partial charge in [-0.25, -0.2) is 0 Å². The molecule has 0 radical (unpaired) electrons. The van der Waals surface area contributed by atoms with Gasteiger partial charge in [-0.15, -0.1) is 0 Å². The first-order valence-corrected chi connectivity index (χ1v) is 10.2. The molecule has 1 saturated heterocycles. The third-order valence-electron chi connectivity index (χ3n) is 5.53. The van der Waals surface area contributed by atoms with Crippen molar-refractivity contribution in [2.75, 3.05) is 20.3 Å². The lowest BCUT2D eigenvalue weighted by Crippen LogP contribution is -2.57. The highest BCUT2D eigenvalue weighted by Crippen LogP contribution is 2.42. The molecule has 2 rings (SSSR count). The van der Waals surface area contributed by atoms with Crippen molar-refractivity contribution in [2.24, 2.45) is 5.92 Å². The zero-order valence-corrected chi connectivity index (χ0v) is 17.6. The topological polar surface area (TPSA) is 90.9 Å². The van der Waals surface area contributed by atoms with E-state index in [2.05, 4.69) is 5.32 Å². The highest BCUT2D eigenvalue weighted by atomic mass is 16.6. The van der Waals surface area contributed by atoms with Crippen LogP contribution in [0.15, 0.2) is 30.3 Å². The van der Waals surface area contributed by atoms with Crippen LogP contribution in [0.2, 0.25) is 0 Å². The van der Waals surface area contributed by atoms with Gasteiger partial charge in [0.25, 0.3) is 0 Å². The predicted octanol–water partition coefficient (Wildman–Crippen LogP) is 2.59. The molecular weight excluding hydrogens is 374 g/mol. The van der Waals surface area contributed by atoms with Crippen molar-refractivity contribution in [3.05, 3.63) is 35.9 Å². The Bertz CT molecular complexity index is 689. The molecule has 0 aliphatic carbocycles. The number of ether oxygens (including phenoxy) is 3. The molecule has 160 valence electrons.